The molecular formula is C7H14F2N2O. The maximum absolute atomic E-state index is 11.9. The number of amidine groups is 1. The maximum atomic E-state index is 11.9. The van der Waals surface area contributed by atoms with Gasteiger partial charge in [0.15, 0.2) is 0 Å². The van der Waals surface area contributed by atoms with Gasteiger partial charge in [-0.3, -0.25) is 0 Å². The first-order valence-corrected chi connectivity index (χ1v) is 3.89. The van der Waals surface area contributed by atoms with Gasteiger partial charge >= 0.3 is 0 Å². The molecule has 0 aliphatic heterocycles. The van der Waals surface area contributed by atoms with Crippen LogP contribution in [0.15, 0.2) is 5.16 Å². The van der Waals surface area contributed by atoms with E-state index < -0.39 is 6.43 Å². The second kappa shape index (κ2) is 5.74. The molecule has 0 bridgehead atoms. The molecule has 0 aliphatic rings. The largest absolute Gasteiger partial charge is 0.409 e. The molecule has 72 valence electrons. The van der Waals surface area contributed by atoms with Crippen molar-refractivity contribution in [1.82, 2.24) is 4.90 Å². The van der Waals surface area contributed by atoms with Crippen LogP contribution in [0, 0.1) is 0 Å². The van der Waals surface area contributed by atoms with Gasteiger partial charge in [-0.2, -0.15) is 0 Å². The third-order valence-electron chi connectivity index (χ3n) is 1.54. The van der Waals surface area contributed by atoms with Crippen LogP contribution in [-0.4, -0.2) is 35.5 Å². The number of nitrogens with zero attached hydrogens (tertiary/aromatic N) is 2. The first-order chi connectivity index (χ1) is 5.65. The molecule has 0 rings (SSSR count). The number of rotatable bonds is 4. The summed E-state index contributed by atoms with van der Waals surface area (Å²) in [5.41, 5.74) is 0. The van der Waals surface area contributed by atoms with Crippen LogP contribution < -0.4 is 0 Å². The molecule has 0 saturated heterocycles. The van der Waals surface area contributed by atoms with E-state index in [-0.39, 0.29) is 6.54 Å². The number of halogens is 2. The van der Waals surface area contributed by atoms with Crippen LogP contribution in [0.5, 0.6) is 0 Å². The van der Waals surface area contributed by atoms with E-state index in [4.69, 9.17) is 5.21 Å². The number of hydrogen-bond acceptors (Lipinski definition) is 2. The van der Waals surface area contributed by atoms with E-state index in [0.717, 1.165) is 0 Å². The smallest absolute Gasteiger partial charge is 0.255 e. The van der Waals surface area contributed by atoms with Crippen LogP contribution in [0.4, 0.5) is 8.78 Å². The van der Waals surface area contributed by atoms with Gasteiger partial charge in [-0.05, 0) is 6.92 Å². The zero-order chi connectivity index (χ0) is 9.56. The Morgan fingerprint density at radius 1 is 1.50 bits per heavy atom. The maximum Gasteiger partial charge on any atom is 0.255 e. The minimum Gasteiger partial charge on any atom is -0.409 e. The molecule has 0 aromatic heterocycles. The molecule has 5 heteroatoms. The van der Waals surface area contributed by atoms with Gasteiger partial charge in [0, 0.05) is 13.0 Å². The molecule has 0 fully saturated rings. The van der Waals surface area contributed by atoms with Crippen molar-refractivity contribution in [2.45, 2.75) is 26.7 Å². The summed E-state index contributed by atoms with van der Waals surface area (Å²) in [6.45, 7) is 3.55. The lowest BCUT2D eigenvalue weighted by Gasteiger charge is -2.21. The van der Waals surface area contributed by atoms with Crippen LogP contribution in [0.3, 0.4) is 0 Å². The van der Waals surface area contributed by atoms with Gasteiger partial charge < -0.3 is 10.1 Å². The Kier molecular flexibility index (Phi) is 5.32. The number of oxime groups is 1. The Bertz CT molecular complexity index is 150. The fourth-order valence-corrected chi connectivity index (χ4v) is 0.941. The standard InChI is InChI=1S/C7H14F2N2O/c1-3-7(10-12)11(4-2)5-6(8)9/h6,12H,3-5H2,1-2H3. The molecular weight excluding hydrogens is 166 g/mol. The zero-order valence-electron chi connectivity index (χ0n) is 7.30. The highest BCUT2D eigenvalue weighted by atomic mass is 19.3. The Morgan fingerprint density at radius 2 is 2.08 bits per heavy atom. The van der Waals surface area contributed by atoms with Gasteiger partial charge in [0.1, 0.15) is 5.84 Å². The van der Waals surface area contributed by atoms with E-state index in [2.05, 4.69) is 5.16 Å². The summed E-state index contributed by atoms with van der Waals surface area (Å²) in [5, 5.41) is 11.4. The van der Waals surface area contributed by atoms with Crippen LogP contribution in [0.25, 0.3) is 0 Å². The minimum absolute atomic E-state index is 0.304. The van der Waals surface area contributed by atoms with Crippen molar-refractivity contribution in [2.24, 2.45) is 5.16 Å². The molecule has 0 spiro atoms. The minimum atomic E-state index is -2.40. The topological polar surface area (TPSA) is 35.8 Å². The van der Waals surface area contributed by atoms with Crippen LogP contribution in [-0.2, 0) is 0 Å². The van der Waals surface area contributed by atoms with Crippen molar-refractivity contribution in [1.29, 1.82) is 0 Å². The summed E-state index contributed by atoms with van der Waals surface area (Å²) in [7, 11) is 0. The first kappa shape index (κ1) is 11.1. The Balaban J connectivity index is 4.12. The van der Waals surface area contributed by atoms with Crippen LogP contribution >= 0.6 is 0 Å². The summed E-state index contributed by atoms with van der Waals surface area (Å²) >= 11 is 0. The predicted molar refractivity (Wildman–Crippen MR) is 42.8 cm³/mol. The highest BCUT2D eigenvalue weighted by Gasteiger charge is 2.13. The zero-order valence-corrected chi connectivity index (χ0v) is 7.30. The quantitative estimate of drug-likeness (QED) is 0.310. The third kappa shape index (κ3) is 3.50. The normalized spacial score (nSPS) is 12.2. The summed E-state index contributed by atoms with van der Waals surface area (Å²) in [5.74, 6) is 0.304. The third-order valence-corrected chi connectivity index (χ3v) is 1.54. The van der Waals surface area contributed by atoms with E-state index in [0.29, 0.717) is 18.8 Å². The molecule has 0 aromatic rings. The summed E-state index contributed by atoms with van der Waals surface area (Å²) in [6, 6.07) is 0. The second-order valence-corrected chi connectivity index (χ2v) is 2.30. The fraction of sp³-hybridized carbons (Fsp3) is 0.857. The monoisotopic (exact) mass is 180 g/mol. The highest BCUT2D eigenvalue weighted by Crippen LogP contribution is 2.01. The van der Waals surface area contributed by atoms with Gasteiger partial charge in [-0.15, -0.1) is 0 Å². The van der Waals surface area contributed by atoms with Crippen molar-refractivity contribution in [2.75, 3.05) is 13.1 Å². The lowest BCUT2D eigenvalue weighted by Crippen LogP contribution is -2.34. The molecule has 3 nitrogen and oxygen atoms in total. The van der Waals surface area contributed by atoms with Crippen LogP contribution in [0.2, 0.25) is 0 Å². The summed E-state index contributed by atoms with van der Waals surface area (Å²) in [6.07, 6.45) is -1.94. The van der Waals surface area contributed by atoms with E-state index in [1.54, 1.807) is 13.8 Å². The summed E-state index contributed by atoms with van der Waals surface area (Å²) in [4.78, 5) is 1.35. The van der Waals surface area contributed by atoms with E-state index in [1.165, 1.54) is 4.90 Å². The second-order valence-electron chi connectivity index (χ2n) is 2.30. The van der Waals surface area contributed by atoms with Crippen molar-refractivity contribution < 1.29 is 14.0 Å². The van der Waals surface area contributed by atoms with Crippen molar-refractivity contribution in [3.63, 3.8) is 0 Å². The van der Waals surface area contributed by atoms with E-state index in [1.807, 2.05) is 0 Å². The molecule has 0 unspecified atom stereocenters. The molecule has 0 heterocycles. The molecule has 0 radical (unpaired) electrons. The highest BCUT2D eigenvalue weighted by molar-refractivity contribution is 5.81. The van der Waals surface area contributed by atoms with Gasteiger partial charge in [-0.1, -0.05) is 12.1 Å². The molecule has 0 aliphatic carbocycles. The van der Waals surface area contributed by atoms with Crippen molar-refractivity contribution >= 4 is 5.84 Å². The molecule has 0 aromatic carbocycles. The Labute approximate surface area is 70.7 Å². The van der Waals surface area contributed by atoms with Gasteiger partial charge in [0.05, 0.1) is 6.54 Å². The molecule has 0 saturated carbocycles. The first-order valence-electron chi connectivity index (χ1n) is 3.89. The van der Waals surface area contributed by atoms with Crippen LogP contribution in [0.1, 0.15) is 20.3 Å². The Hall–Kier alpha value is -0.870. The molecule has 12 heavy (non-hydrogen) atoms. The van der Waals surface area contributed by atoms with Gasteiger partial charge in [0.25, 0.3) is 6.43 Å². The van der Waals surface area contributed by atoms with Crippen molar-refractivity contribution in [3.8, 4) is 0 Å². The molecule has 0 atom stereocenters. The predicted octanol–water partition coefficient (Wildman–Crippen LogP) is 1.77. The molecule has 1 N–H and O–H groups in total. The fourth-order valence-electron chi connectivity index (χ4n) is 0.941. The average molecular weight is 180 g/mol. The number of hydrogen-bond donors (Lipinski definition) is 1. The van der Waals surface area contributed by atoms with Gasteiger partial charge in [-0.25, -0.2) is 8.78 Å². The van der Waals surface area contributed by atoms with Crippen molar-refractivity contribution in [3.05, 3.63) is 0 Å². The molecule has 0 amide bonds. The summed E-state index contributed by atoms with van der Waals surface area (Å²) < 4.78 is 23.9. The van der Waals surface area contributed by atoms with E-state index >= 15 is 0 Å². The van der Waals surface area contributed by atoms with E-state index in [9.17, 15) is 8.78 Å². The lowest BCUT2D eigenvalue weighted by molar-refractivity contribution is 0.115. The number of alkyl halides is 2. The Morgan fingerprint density at radius 3 is 2.33 bits per heavy atom. The SMILES string of the molecule is CCC(=NO)N(CC)CC(F)F. The van der Waals surface area contributed by atoms with Gasteiger partial charge in [0.2, 0.25) is 0 Å². The average Bonchev–Trinajstić information content (AvgIpc) is 2.04. The lowest BCUT2D eigenvalue weighted by atomic mass is 10.3.